The van der Waals surface area contributed by atoms with Crippen molar-refractivity contribution in [2.24, 2.45) is 0 Å². The molecule has 11 aromatic rings. The highest BCUT2D eigenvalue weighted by molar-refractivity contribution is 7.70. The van der Waals surface area contributed by atoms with Crippen molar-refractivity contribution in [2.45, 2.75) is 37.5 Å². The van der Waals surface area contributed by atoms with Crippen LogP contribution in [0.3, 0.4) is 0 Å². The van der Waals surface area contributed by atoms with Crippen molar-refractivity contribution in [3.05, 3.63) is 230 Å². The van der Waals surface area contributed by atoms with E-state index >= 15 is 0 Å². The first-order valence-corrected chi connectivity index (χ1v) is 27.1. The summed E-state index contributed by atoms with van der Waals surface area (Å²) >= 11 is 0. The van der Waals surface area contributed by atoms with E-state index in [1.807, 2.05) is 31.5 Å². The van der Waals surface area contributed by atoms with E-state index in [4.69, 9.17) is 15.0 Å². The smallest absolute Gasteiger partial charge is 0.164 e. The van der Waals surface area contributed by atoms with Crippen LogP contribution in [0, 0.1) is 0 Å². The molecule has 1 aromatic heterocycles. The Morgan fingerprint density at radius 3 is 1.26 bits per heavy atom. The first kappa shape index (κ1) is 43.5. The van der Waals surface area contributed by atoms with Gasteiger partial charge in [-0.25, -0.2) is 15.0 Å². The van der Waals surface area contributed by atoms with E-state index in [1.165, 1.54) is 79.6 Å². The van der Waals surface area contributed by atoms with Crippen molar-refractivity contribution < 1.29 is 4.57 Å². The summed E-state index contributed by atoms with van der Waals surface area (Å²) in [7, 11) is -2.37. The molecule has 1 fully saturated rings. The second kappa shape index (κ2) is 17.9. The molecule has 70 heavy (non-hydrogen) atoms. The zero-order valence-electron chi connectivity index (χ0n) is 39.5. The van der Waals surface area contributed by atoms with Crippen LogP contribution in [0.1, 0.15) is 43.2 Å². The molecule has 10 aromatic carbocycles. The van der Waals surface area contributed by atoms with Crippen LogP contribution in [0.25, 0.3) is 99.9 Å². The van der Waals surface area contributed by atoms with Gasteiger partial charge in [-0.1, -0.05) is 232 Å². The lowest BCUT2D eigenvalue weighted by Crippen LogP contribution is -2.30. The predicted molar refractivity (Wildman–Crippen MR) is 294 cm³/mol. The number of aromatic nitrogens is 3. The third-order valence-corrected chi connectivity index (χ3v) is 16.3. The van der Waals surface area contributed by atoms with Crippen molar-refractivity contribution in [3.8, 4) is 67.5 Å². The minimum absolute atomic E-state index is 0.114. The molecular weight excluding hydrogens is 870 g/mol. The van der Waals surface area contributed by atoms with Crippen LogP contribution in [-0.2, 0) is 9.98 Å². The van der Waals surface area contributed by atoms with Gasteiger partial charge in [0.25, 0.3) is 0 Å². The SMILES string of the molecule is CP(C)(=O)c1ccc(-c2c3ccccc3c(-c3ccc(C4(c5ccc(-c6nc(-c7ccc(-c8ccccc8)cc7)nc(-c7ccc8ccccc8c7)n6)cc5)CCCCC4)cc3)c3ccccc23)cc1. The molecule has 0 unspecified atom stereocenters. The maximum absolute atomic E-state index is 12.9. The zero-order valence-corrected chi connectivity index (χ0v) is 40.4. The summed E-state index contributed by atoms with van der Waals surface area (Å²) in [5, 5.41) is 8.10. The largest absolute Gasteiger partial charge is 0.319 e. The van der Waals surface area contributed by atoms with Gasteiger partial charge in [-0.2, -0.15) is 0 Å². The first-order chi connectivity index (χ1) is 34.3. The molecule has 1 aliphatic carbocycles. The molecule has 0 saturated heterocycles. The van der Waals surface area contributed by atoms with E-state index in [1.54, 1.807) is 0 Å². The molecule has 12 rings (SSSR count). The summed E-state index contributed by atoms with van der Waals surface area (Å²) in [4.78, 5) is 15.4. The molecule has 338 valence electrons. The summed E-state index contributed by atoms with van der Waals surface area (Å²) in [6, 6.07) is 78.4. The highest BCUT2D eigenvalue weighted by Gasteiger charge is 2.36. The van der Waals surface area contributed by atoms with E-state index in [0.29, 0.717) is 17.5 Å². The molecular formula is C65H52N3OP. The third kappa shape index (κ3) is 8.03. The van der Waals surface area contributed by atoms with E-state index in [-0.39, 0.29) is 5.41 Å². The molecule has 0 bridgehead atoms. The van der Waals surface area contributed by atoms with Gasteiger partial charge in [0.2, 0.25) is 0 Å². The number of nitrogens with zero attached hydrogens (tertiary/aromatic N) is 3. The Balaban J connectivity index is 0.916. The predicted octanol–water partition coefficient (Wildman–Crippen LogP) is 16.8. The number of fused-ring (bicyclic) bond motifs is 3. The summed E-state index contributed by atoms with van der Waals surface area (Å²) < 4.78 is 12.9. The van der Waals surface area contributed by atoms with Crippen LogP contribution in [0.2, 0.25) is 0 Å². The van der Waals surface area contributed by atoms with Gasteiger partial charge in [-0.15, -0.1) is 0 Å². The molecule has 0 spiro atoms. The lowest BCUT2D eigenvalue weighted by atomic mass is 9.65. The molecule has 1 saturated carbocycles. The van der Waals surface area contributed by atoms with Crippen LogP contribution >= 0.6 is 7.14 Å². The van der Waals surface area contributed by atoms with E-state index < -0.39 is 7.14 Å². The molecule has 0 radical (unpaired) electrons. The third-order valence-electron chi connectivity index (χ3n) is 14.7. The molecule has 4 nitrogen and oxygen atoms in total. The molecule has 1 heterocycles. The van der Waals surface area contributed by atoms with E-state index in [9.17, 15) is 4.57 Å². The normalized spacial score (nSPS) is 13.7. The van der Waals surface area contributed by atoms with Gasteiger partial charge in [0.05, 0.1) is 0 Å². The van der Waals surface area contributed by atoms with Gasteiger partial charge in [0.1, 0.15) is 7.14 Å². The molecule has 0 amide bonds. The fraction of sp³-hybridized carbons (Fsp3) is 0.123. The lowest BCUT2D eigenvalue weighted by molar-refractivity contribution is 0.346. The lowest BCUT2D eigenvalue weighted by Gasteiger charge is -2.39. The first-order valence-electron chi connectivity index (χ1n) is 24.5. The van der Waals surface area contributed by atoms with Gasteiger partial charge in [0.15, 0.2) is 17.5 Å². The highest BCUT2D eigenvalue weighted by atomic mass is 31.2. The average molecular weight is 922 g/mol. The second-order valence-electron chi connectivity index (χ2n) is 19.3. The fourth-order valence-corrected chi connectivity index (χ4v) is 11.9. The van der Waals surface area contributed by atoms with Crippen LogP contribution in [0.5, 0.6) is 0 Å². The van der Waals surface area contributed by atoms with Gasteiger partial charge < -0.3 is 4.57 Å². The number of hydrogen-bond acceptors (Lipinski definition) is 4. The van der Waals surface area contributed by atoms with E-state index in [0.717, 1.165) is 51.3 Å². The van der Waals surface area contributed by atoms with Gasteiger partial charge in [-0.05, 0) is 109 Å². The highest BCUT2D eigenvalue weighted by Crippen LogP contribution is 2.48. The molecule has 0 atom stereocenters. The van der Waals surface area contributed by atoms with Crippen molar-refractivity contribution in [2.75, 3.05) is 13.3 Å². The quantitative estimate of drug-likeness (QED) is 0.107. The summed E-state index contributed by atoms with van der Waals surface area (Å²) in [5.74, 6) is 1.96. The summed E-state index contributed by atoms with van der Waals surface area (Å²) in [6.45, 7) is 3.67. The van der Waals surface area contributed by atoms with E-state index in [2.05, 4.69) is 200 Å². The standard InChI is InChI=1S/C65H52N3OP/c1-70(2,69)55-39-33-48(34-40-55)61-58-21-11-9-19-56(58)60(57-20-10-12-22-59(57)61)47-29-35-53(36-30-47)65(41-13-4-14-42-65)54-37-31-50(32-38-54)63-66-62(49-26-23-46(24-27-49)44-15-5-3-6-16-44)67-64(68-63)52-28-25-45-17-7-8-18-51(45)43-52/h3,5-12,15-40,43H,4,13-14,41-42H2,1-2H3. The number of hydrogen-bond donors (Lipinski definition) is 0. The Bertz CT molecular complexity index is 3700. The monoisotopic (exact) mass is 921 g/mol. The average Bonchev–Trinajstić information content (AvgIpc) is 3.42. The van der Waals surface area contributed by atoms with Crippen molar-refractivity contribution in [1.29, 1.82) is 0 Å². The van der Waals surface area contributed by atoms with Gasteiger partial charge in [-0.3, -0.25) is 0 Å². The van der Waals surface area contributed by atoms with Crippen molar-refractivity contribution in [1.82, 2.24) is 15.0 Å². The summed E-state index contributed by atoms with van der Waals surface area (Å²) in [6.07, 6.45) is 5.81. The maximum atomic E-state index is 12.9. The van der Waals surface area contributed by atoms with Crippen molar-refractivity contribution >= 4 is 44.8 Å². The molecule has 0 aliphatic heterocycles. The minimum Gasteiger partial charge on any atom is -0.319 e. The molecule has 5 heteroatoms. The van der Waals surface area contributed by atoms with Crippen LogP contribution < -0.4 is 5.30 Å². The van der Waals surface area contributed by atoms with Gasteiger partial charge >= 0.3 is 0 Å². The Hall–Kier alpha value is -7.78. The van der Waals surface area contributed by atoms with Crippen LogP contribution in [0.15, 0.2) is 218 Å². The van der Waals surface area contributed by atoms with Crippen LogP contribution in [0.4, 0.5) is 0 Å². The number of benzene rings is 10. The van der Waals surface area contributed by atoms with Crippen LogP contribution in [-0.4, -0.2) is 28.3 Å². The zero-order chi connectivity index (χ0) is 47.2. The second-order valence-corrected chi connectivity index (χ2v) is 22.6. The Labute approximate surface area is 410 Å². The Morgan fingerprint density at radius 1 is 0.357 bits per heavy atom. The minimum atomic E-state index is -2.37. The maximum Gasteiger partial charge on any atom is 0.164 e. The molecule has 1 aliphatic rings. The Kier molecular flexibility index (Phi) is 11.2. The molecule has 0 N–H and O–H groups in total. The number of rotatable bonds is 9. The topological polar surface area (TPSA) is 55.7 Å². The summed E-state index contributed by atoms with van der Waals surface area (Å²) in [5.41, 5.74) is 12.6. The Morgan fingerprint density at radius 2 is 0.743 bits per heavy atom. The van der Waals surface area contributed by atoms with Crippen molar-refractivity contribution in [3.63, 3.8) is 0 Å². The fourth-order valence-electron chi connectivity index (χ4n) is 11.1. The van der Waals surface area contributed by atoms with Gasteiger partial charge in [0, 0.05) is 27.4 Å².